The van der Waals surface area contributed by atoms with E-state index in [-0.39, 0.29) is 29.5 Å². The minimum Gasteiger partial charge on any atom is -0.328 e. The highest BCUT2D eigenvalue weighted by Crippen LogP contribution is 2.26. The van der Waals surface area contributed by atoms with Gasteiger partial charge in [-0.1, -0.05) is 30.7 Å². The predicted molar refractivity (Wildman–Crippen MR) is 164 cm³/mol. The number of carbonyl (C=O) groups excluding carboxylic acids is 4. The first kappa shape index (κ1) is 31.6. The lowest BCUT2D eigenvalue weighted by Gasteiger charge is -2.33. The van der Waals surface area contributed by atoms with Crippen molar-refractivity contribution in [3.63, 3.8) is 0 Å². The first-order chi connectivity index (χ1) is 19.8. The van der Waals surface area contributed by atoms with Gasteiger partial charge in [-0.05, 0) is 56.9 Å². The molecular weight excluding hydrogens is 528 g/mol. The van der Waals surface area contributed by atoms with Crippen LogP contribution in [0.15, 0.2) is 42.5 Å². The molecule has 8 heteroatoms. The maximum absolute atomic E-state index is 12.9. The Morgan fingerprint density at radius 3 is 1.74 bits per heavy atom. The van der Waals surface area contributed by atoms with Crippen molar-refractivity contribution in [2.24, 2.45) is 5.92 Å². The third kappa shape index (κ3) is 7.34. The molecule has 2 aliphatic heterocycles. The number of carbonyl (C=O) groups is 4. The Balaban J connectivity index is 1.10. The number of quaternary nitrogens is 2. The van der Waals surface area contributed by atoms with Gasteiger partial charge in [0.05, 0.1) is 76.6 Å². The van der Waals surface area contributed by atoms with Gasteiger partial charge in [0.2, 0.25) is 0 Å². The fourth-order valence-electron chi connectivity index (χ4n) is 6.52. The number of hydrogen-bond donors (Lipinski definition) is 0. The Kier molecular flexibility index (Phi) is 9.68. The molecule has 4 rings (SSSR count). The molecule has 2 aliphatic rings. The summed E-state index contributed by atoms with van der Waals surface area (Å²) in [5, 5.41) is 0. The van der Waals surface area contributed by atoms with Crippen molar-refractivity contribution >= 4 is 23.6 Å². The number of nitrogens with zero attached hydrogens (tertiary/aromatic N) is 4. The molecule has 8 nitrogen and oxygen atoms in total. The van der Waals surface area contributed by atoms with Crippen LogP contribution in [0.2, 0.25) is 0 Å². The SMILES string of the molecule is Cc1ccc2c(c1)C(=O)N(CC(C)C[N+](C)(C)CCCCCC[N+](C)(C)CCCN1C(=O)c3ccccc3C1=O)C2=O. The van der Waals surface area contributed by atoms with E-state index in [0.29, 0.717) is 35.3 Å². The van der Waals surface area contributed by atoms with E-state index in [1.165, 1.54) is 22.6 Å². The Bertz CT molecular complexity index is 1310. The van der Waals surface area contributed by atoms with Crippen LogP contribution in [0.1, 0.15) is 86.0 Å². The molecule has 0 saturated heterocycles. The van der Waals surface area contributed by atoms with Gasteiger partial charge >= 0.3 is 0 Å². The van der Waals surface area contributed by atoms with Crippen LogP contribution >= 0.6 is 0 Å². The Hall–Kier alpha value is -3.36. The van der Waals surface area contributed by atoms with Crippen LogP contribution in [0.4, 0.5) is 0 Å². The average molecular weight is 577 g/mol. The molecule has 0 N–H and O–H groups in total. The highest BCUT2D eigenvalue weighted by molar-refractivity contribution is 6.22. The summed E-state index contributed by atoms with van der Waals surface area (Å²) in [4.78, 5) is 53.7. The number of imide groups is 2. The average Bonchev–Trinajstić information content (AvgIpc) is 3.30. The molecule has 42 heavy (non-hydrogen) atoms. The van der Waals surface area contributed by atoms with Gasteiger partial charge in [-0.3, -0.25) is 29.0 Å². The minimum absolute atomic E-state index is 0.166. The van der Waals surface area contributed by atoms with Gasteiger partial charge in [0, 0.05) is 25.4 Å². The first-order valence-electron chi connectivity index (χ1n) is 15.4. The van der Waals surface area contributed by atoms with Crippen molar-refractivity contribution in [2.75, 3.05) is 67.5 Å². The number of unbranched alkanes of at least 4 members (excludes halogenated alkanes) is 3. The van der Waals surface area contributed by atoms with Crippen molar-refractivity contribution in [1.29, 1.82) is 0 Å². The van der Waals surface area contributed by atoms with Crippen LogP contribution in [-0.2, 0) is 0 Å². The van der Waals surface area contributed by atoms with Gasteiger partial charge in [-0.25, -0.2) is 0 Å². The van der Waals surface area contributed by atoms with Crippen molar-refractivity contribution in [3.05, 3.63) is 70.3 Å². The molecule has 4 amide bonds. The van der Waals surface area contributed by atoms with Crippen LogP contribution in [0.5, 0.6) is 0 Å². The summed E-state index contributed by atoms with van der Waals surface area (Å²) >= 11 is 0. The molecule has 0 aliphatic carbocycles. The lowest BCUT2D eigenvalue weighted by atomic mass is 10.1. The Morgan fingerprint density at radius 1 is 0.619 bits per heavy atom. The second-order valence-corrected chi connectivity index (χ2v) is 13.7. The van der Waals surface area contributed by atoms with Crippen molar-refractivity contribution in [3.8, 4) is 0 Å². The quantitative estimate of drug-likeness (QED) is 0.176. The van der Waals surface area contributed by atoms with E-state index in [1.54, 1.807) is 30.3 Å². The molecule has 2 aromatic rings. The van der Waals surface area contributed by atoms with Crippen LogP contribution in [0.25, 0.3) is 0 Å². The number of aryl methyl sites for hydroxylation is 1. The van der Waals surface area contributed by atoms with Crippen molar-refractivity contribution in [2.45, 2.75) is 46.0 Å². The molecule has 0 saturated carbocycles. The maximum Gasteiger partial charge on any atom is 0.261 e. The van der Waals surface area contributed by atoms with Gasteiger partial charge in [-0.2, -0.15) is 0 Å². The smallest absolute Gasteiger partial charge is 0.261 e. The fourth-order valence-corrected chi connectivity index (χ4v) is 6.52. The summed E-state index contributed by atoms with van der Waals surface area (Å²) in [6.07, 6.45) is 5.41. The second kappa shape index (κ2) is 12.9. The van der Waals surface area contributed by atoms with E-state index in [4.69, 9.17) is 0 Å². The van der Waals surface area contributed by atoms with Crippen molar-refractivity contribution < 1.29 is 28.1 Å². The normalized spacial score (nSPS) is 16.0. The molecular formula is C34H48N4O4+2. The zero-order chi connectivity index (χ0) is 30.7. The van der Waals surface area contributed by atoms with Crippen LogP contribution in [0.3, 0.4) is 0 Å². The van der Waals surface area contributed by atoms with Gasteiger partial charge in [0.1, 0.15) is 0 Å². The molecule has 0 radical (unpaired) electrons. The summed E-state index contributed by atoms with van der Waals surface area (Å²) in [6, 6.07) is 12.5. The first-order valence-corrected chi connectivity index (χ1v) is 15.4. The largest absolute Gasteiger partial charge is 0.328 e. The van der Waals surface area contributed by atoms with E-state index < -0.39 is 0 Å². The monoisotopic (exact) mass is 576 g/mol. The number of benzene rings is 2. The Labute approximate surface area is 251 Å². The number of amides is 4. The standard InChI is InChI=1S/C34H48N4O4/c1-25-16-17-29-30(22-25)34(42)36(33(29)41)23-26(2)24-38(5,6)20-12-8-7-11-19-37(3,4)21-13-18-35-31(39)27-14-9-10-15-28(27)32(35)40/h9-10,14-17,22,26H,7-8,11-13,18-21,23-24H2,1-6H3/q+2. The summed E-state index contributed by atoms with van der Waals surface area (Å²) in [7, 11) is 8.91. The van der Waals surface area contributed by atoms with E-state index in [9.17, 15) is 19.2 Å². The van der Waals surface area contributed by atoms with Crippen LogP contribution in [-0.4, -0.2) is 110 Å². The molecule has 2 aromatic carbocycles. The van der Waals surface area contributed by atoms with E-state index in [0.717, 1.165) is 60.0 Å². The summed E-state index contributed by atoms with van der Waals surface area (Å²) in [6.45, 7) is 8.93. The van der Waals surface area contributed by atoms with Gasteiger partial charge in [0.25, 0.3) is 23.6 Å². The fraction of sp³-hybridized carbons (Fsp3) is 0.529. The van der Waals surface area contributed by atoms with Crippen LogP contribution in [0, 0.1) is 12.8 Å². The molecule has 0 fully saturated rings. The van der Waals surface area contributed by atoms with Gasteiger partial charge in [-0.15, -0.1) is 0 Å². The lowest BCUT2D eigenvalue weighted by molar-refractivity contribution is -0.893. The summed E-state index contributed by atoms with van der Waals surface area (Å²) < 4.78 is 1.74. The third-order valence-corrected chi connectivity index (χ3v) is 8.73. The number of fused-ring (bicyclic) bond motifs is 2. The van der Waals surface area contributed by atoms with Gasteiger partial charge in [0.15, 0.2) is 0 Å². The summed E-state index contributed by atoms with van der Waals surface area (Å²) in [5.41, 5.74) is 3.09. The Morgan fingerprint density at radius 2 is 1.12 bits per heavy atom. The zero-order valence-corrected chi connectivity index (χ0v) is 26.3. The molecule has 226 valence electrons. The third-order valence-electron chi connectivity index (χ3n) is 8.73. The zero-order valence-electron chi connectivity index (χ0n) is 26.3. The van der Waals surface area contributed by atoms with E-state index >= 15 is 0 Å². The lowest BCUT2D eigenvalue weighted by Crippen LogP contribution is -2.46. The van der Waals surface area contributed by atoms with E-state index in [2.05, 4.69) is 35.1 Å². The number of hydrogen-bond acceptors (Lipinski definition) is 4. The predicted octanol–water partition coefficient (Wildman–Crippen LogP) is 4.63. The summed E-state index contributed by atoms with van der Waals surface area (Å²) in [5.74, 6) is -0.467. The molecule has 1 atom stereocenters. The minimum atomic E-state index is -0.171. The highest BCUT2D eigenvalue weighted by Gasteiger charge is 2.37. The molecule has 2 heterocycles. The molecule has 1 unspecified atom stereocenters. The second-order valence-electron chi connectivity index (χ2n) is 13.7. The molecule has 0 spiro atoms. The maximum atomic E-state index is 12.9. The van der Waals surface area contributed by atoms with E-state index in [1.807, 2.05) is 19.1 Å². The number of rotatable bonds is 15. The van der Waals surface area contributed by atoms with Gasteiger partial charge < -0.3 is 8.97 Å². The van der Waals surface area contributed by atoms with Crippen molar-refractivity contribution in [1.82, 2.24) is 9.80 Å². The highest BCUT2D eigenvalue weighted by atomic mass is 16.2. The molecule has 0 aromatic heterocycles. The molecule has 0 bridgehead atoms. The topological polar surface area (TPSA) is 74.8 Å². The van der Waals surface area contributed by atoms with Crippen LogP contribution < -0.4 is 0 Å².